The zero-order valence-corrected chi connectivity index (χ0v) is 20.5. The number of aromatic amines is 1. The highest BCUT2D eigenvalue weighted by Crippen LogP contribution is 2.30. The number of ether oxygens (including phenoxy) is 1. The lowest BCUT2D eigenvalue weighted by Crippen LogP contribution is -2.18. The zero-order chi connectivity index (χ0) is 25.3. The molecule has 1 heterocycles. The minimum Gasteiger partial charge on any atom is -0.490 e. The number of nitrogens with zero attached hydrogens (tertiary/aromatic N) is 1. The first-order chi connectivity index (χ1) is 17.5. The summed E-state index contributed by atoms with van der Waals surface area (Å²) in [5, 5.41) is 8.96. The molecule has 0 saturated heterocycles. The molecule has 3 aromatic carbocycles. The molecule has 1 atom stereocenters. The van der Waals surface area contributed by atoms with E-state index in [9.17, 15) is 9.59 Å². The molecule has 4 aromatic rings. The highest BCUT2D eigenvalue weighted by Gasteiger charge is 2.17. The molecule has 186 valence electrons. The minimum atomic E-state index is -0.809. The van der Waals surface area contributed by atoms with Gasteiger partial charge in [0.25, 0.3) is 0 Å². The number of hydrogen-bond acceptors (Lipinski definition) is 3. The summed E-state index contributed by atoms with van der Waals surface area (Å²) in [6.45, 7) is 2.58. The van der Waals surface area contributed by atoms with Crippen molar-refractivity contribution in [3.8, 4) is 28.3 Å². The van der Waals surface area contributed by atoms with E-state index in [4.69, 9.17) is 9.84 Å². The Labute approximate surface area is 211 Å². The zero-order valence-electron chi connectivity index (χ0n) is 20.5. The summed E-state index contributed by atoms with van der Waals surface area (Å²) in [4.78, 5) is 27.0. The first kappa shape index (κ1) is 25.0. The van der Waals surface area contributed by atoms with E-state index in [0.717, 1.165) is 53.1 Å². The number of H-pyrrole nitrogens is 1. The molecule has 0 bridgehead atoms. The van der Waals surface area contributed by atoms with Crippen LogP contribution >= 0.6 is 0 Å². The van der Waals surface area contributed by atoms with Gasteiger partial charge in [-0.05, 0) is 43.4 Å². The summed E-state index contributed by atoms with van der Waals surface area (Å²) in [6.07, 6.45) is 2.78. The number of hydrogen-bond donors (Lipinski definition) is 2. The van der Waals surface area contributed by atoms with E-state index in [0.29, 0.717) is 13.0 Å². The molecule has 0 radical (unpaired) electrons. The van der Waals surface area contributed by atoms with Crippen LogP contribution in [0, 0.1) is 0 Å². The van der Waals surface area contributed by atoms with Gasteiger partial charge < -0.3 is 14.8 Å². The van der Waals surface area contributed by atoms with Crippen LogP contribution in [0.15, 0.2) is 89.7 Å². The summed E-state index contributed by atoms with van der Waals surface area (Å²) in [6, 6.07) is 27.9. The second kappa shape index (κ2) is 12.1. The van der Waals surface area contributed by atoms with Crippen LogP contribution in [0.5, 0.6) is 5.75 Å². The second-order valence-electron chi connectivity index (χ2n) is 8.87. The quantitative estimate of drug-likeness (QED) is 0.252. The molecule has 0 aliphatic rings. The van der Waals surface area contributed by atoms with Crippen LogP contribution in [-0.2, 0) is 17.8 Å². The van der Waals surface area contributed by atoms with Crippen molar-refractivity contribution in [3.63, 3.8) is 0 Å². The second-order valence-corrected chi connectivity index (χ2v) is 8.87. The lowest BCUT2D eigenvalue weighted by atomic mass is 10.0. The van der Waals surface area contributed by atoms with Crippen LogP contribution in [0.4, 0.5) is 0 Å². The molecule has 2 N–H and O–H groups in total. The predicted molar refractivity (Wildman–Crippen MR) is 142 cm³/mol. The summed E-state index contributed by atoms with van der Waals surface area (Å²) in [7, 11) is 0. The third kappa shape index (κ3) is 6.33. The van der Waals surface area contributed by atoms with E-state index in [1.54, 1.807) is 0 Å². The predicted octanol–water partition coefficient (Wildman–Crippen LogP) is 6.17. The molecule has 6 heteroatoms. The van der Waals surface area contributed by atoms with E-state index in [-0.39, 0.29) is 18.2 Å². The Hall–Kier alpha value is -4.06. The first-order valence-corrected chi connectivity index (χ1v) is 12.5. The van der Waals surface area contributed by atoms with Crippen LogP contribution < -0.4 is 10.4 Å². The van der Waals surface area contributed by atoms with Crippen LogP contribution in [-0.4, -0.2) is 26.7 Å². The third-order valence-corrected chi connectivity index (χ3v) is 6.28. The van der Waals surface area contributed by atoms with Gasteiger partial charge in [-0.1, -0.05) is 79.7 Å². The van der Waals surface area contributed by atoms with Crippen LogP contribution in [0.3, 0.4) is 0 Å². The fraction of sp³-hybridized carbons (Fsp3) is 0.267. The van der Waals surface area contributed by atoms with E-state index < -0.39 is 5.97 Å². The molecular weight excluding hydrogens is 452 g/mol. The van der Waals surface area contributed by atoms with Crippen molar-refractivity contribution in [1.82, 2.24) is 9.55 Å². The molecule has 0 spiro atoms. The number of aryl methyl sites for hydroxylation is 1. The molecule has 0 amide bonds. The topological polar surface area (TPSA) is 84.3 Å². The smallest absolute Gasteiger partial charge is 0.326 e. The van der Waals surface area contributed by atoms with Gasteiger partial charge in [0.2, 0.25) is 0 Å². The fourth-order valence-corrected chi connectivity index (χ4v) is 4.43. The van der Waals surface area contributed by atoms with Gasteiger partial charge in [-0.25, -0.2) is 4.79 Å². The van der Waals surface area contributed by atoms with E-state index in [1.807, 2.05) is 90.4 Å². The van der Waals surface area contributed by atoms with Gasteiger partial charge in [-0.3, -0.25) is 9.36 Å². The number of aromatic nitrogens is 2. The molecule has 6 nitrogen and oxygen atoms in total. The SMILES string of the molecule is CCC(CCC(=O)O)Oc1cccc(CCCn2c(-c3ccccc3)c(-c3ccccc3)[nH]c2=O)c1. The number of benzene rings is 3. The number of aliphatic carboxylic acids is 1. The Morgan fingerprint density at radius 3 is 2.33 bits per heavy atom. The number of rotatable bonds is 12. The van der Waals surface area contributed by atoms with Crippen molar-refractivity contribution in [2.24, 2.45) is 0 Å². The number of carboxylic acid groups (broad SMARTS) is 1. The highest BCUT2D eigenvalue weighted by atomic mass is 16.5. The molecule has 0 saturated carbocycles. The number of carbonyl (C=O) groups is 1. The van der Waals surface area contributed by atoms with Crippen LogP contribution in [0.25, 0.3) is 22.5 Å². The largest absolute Gasteiger partial charge is 0.490 e. The normalized spacial score (nSPS) is 11.8. The third-order valence-electron chi connectivity index (χ3n) is 6.28. The molecule has 1 aromatic heterocycles. The summed E-state index contributed by atoms with van der Waals surface area (Å²) in [5.41, 5.74) is 4.70. The van der Waals surface area contributed by atoms with Gasteiger partial charge in [-0.15, -0.1) is 0 Å². The monoisotopic (exact) mass is 484 g/mol. The number of nitrogens with one attached hydrogen (secondary N) is 1. The Bertz CT molecular complexity index is 1330. The molecular formula is C30H32N2O4. The Kier molecular flexibility index (Phi) is 8.40. The van der Waals surface area contributed by atoms with Gasteiger partial charge in [0.15, 0.2) is 0 Å². The maximum Gasteiger partial charge on any atom is 0.326 e. The van der Waals surface area contributed by atoms with Crippen molar-refractivity contribution in [2.75, 3.05) is 0 Å². The van der Waals surface area contributed by atoms with Crippen molar-refractivity contribution >= 4 is 5.97 Å². The van der Waals surface area contributed by atoms with Gasteiger partial charge in [0, 0.05) is 24.1 Å². The maximum atomic E-state index is 13.0. The van der Waals surface area contributed by atoms with Crippen molar-refractivity contribution < 1.29 is 14.6 Å². The van der Waals surface area contributed by atoms with Gasteiger partial charge in [0.1, 0.15) is 5.75 Å². The van der Waals surface area contributed by atoms with E-state index in [2.05, 4.69) is 11.1 Å². The molecule has 0 aliphatic carbocycles. The lowest BCUT2D eigenvalue weighted by Gasteiger charge is -2.17. The molecule has 0 aliphatic heterocycles. The van der Waals surface area contributed by atoms with E-state index >= 15 is 0 Å². The lowest BCUT2D eigenvalue weighted by molar-refractivity contribution is -0.137. The summed E-state index contributed by atoms with van der Waals surface area (Å²) in [5.74, 6) is -0.0593. The van der Waals surface area contributed by atoms with Gasteiger partial charge in [0.05, 0.1) is 17.5 Å². The fourth-order valence-electron chi connectivity index (χ4n) is 4.43. The van der Waals surface area contributed by atoms with Crippen molar-refractivity contribution in [3.05, 3.63) is 101 Å². The Morgan fingerprint density at radius 1 is 0.972 bits per heavy atom. The molecule has 4 rings (SSSR count). The van der Waals surface area contributed by atoms with Gasteiger partial charge in [-0.2, -0.15) is 0 Å². The summed E-state index contributed by atoms with van der Waals surface area (Å²) < 4.78 is 7.87. The average molecular weight is 485 g/mol. The number of imidazole rings is 1. The Morgan fingerprint density at radius 2 is 1.67 bits per heavy atom. The first-order valence-electron chi connectivity index (χ1n) is 12.5. The van der Waals surface area contributed by atoms with E-state index in [1.165, 1.54) is 0 Å². The molecule has 0 fully saturated rings. The molecule has 36 heavy (non-hydrogen) atoms. The average Bonchev–Trinajstić information content (AvgIpc) is 3.23. The van der Waals surface area contributed by atoms with Crippen LogP contribution in [0.1, 0.15) is 38.2 Å². The Balaban J connectivity index is 1.50. The summed E-state index contributed by atoms with van der Waals surface area (Å²) >= 11 is 0. The van der Waals surface area contributed by atoms with Crippen molar-refractivity contribution in [2.45, 2.75) is 51.7 Å². The van der Waals surface area contributed by atoms with Crippen molar-refractivity contribution in [1.29, 1.82) is 0 Å². The number of carboxylic acids is 1. The highest BCUT2D eigenvalue weighted by molar-refractivity contribution is 5.78. The standard InChI is InChI=1S/C30H32N2O4/c1-2-25(18-19-27(33)34)36-26-17-9-11-22(21-26)12-10-20-32-29(24-15-7-4-8-16-24)28(31-30(32)35)23-13-5-3-6-14-23/h3-9,11,13-17,21,25H,2,10,12,18-20H2,1H3,(H,31,35)(H,33,34). The van der Waals surface area contributed by atoms with Gasteiger partial charge >= 0.3 is 11.7 Å². The minimum absolute atomic E-state index is 0.0956. The molecule has 1 unspecified atom stereocenters. The van der Waals surface area contributed by atoms with Crippen LogP contribution in [0.2, 0.25) is 0 Å². The maximum absolute atomic E-state index is 13.0.